The summed E-state index contributed by atoms with van der Waals surface area (Å²) < 4.78 is 40.5. The summed E-state index contributed by atoms with van der Waals surface area (Å²) in [7, 11) is 0. The standard InChI is InChI=1S/C17H15F3/c1-10-2-5-14(15(18)6-10)12-4-3-11-8-16(19)17(20)9-13(11)7-12/h2,5-6,8-9,12H,3-4,7H2,1H3. The van der Waals surface area contributed by atoms with Crippen LogP contribution in [0.5, 0.6) is 0 Å². The molecule has 0 heterocycles. The van der Waals surface area contributed by atoms with Crippen molar-refractivity contribution in [2.45, 2.75) is 32.1 Å². The Morgan fingerprint density at radius 2 is 1.60 bits per heavy atom. The van der Waals surface area contributed by atoms with Crippen LogP contribution >= 0.6 is 0 Å². The molecule has 3 rings (SSSR count). The van der Waals surface area contributed by atoms with Gasteiger partial charge in [0.25, 0.3) is 0 Å². The third kappa shape index (κ3) is 2.33. The molecule has 2 aromatic carbocycles. The van der Waals surface area contributed by atoms with Gasteiger partial charge in [-0.2, -0.15) is 0 Å². The molecule has 0 saturated heterocycles. The quantitative estimate of drug-likeness (QED) is 0.709. The molecule has 104 valence electrons. The summed E-state index contributed by atoms with van der Waals surface area (Å²) in [6.45, 7) is 1.85. The molecule has 0 nitrogen and oxygen atoms in total. The van der Waals surface area contributed by atoms with Crippen LogP contribution in [0.3, 0.4) is 0 Å². The molecule has 0 aliphatic heterocycles. The van der Waals surface area contributed by atoms with Crippen LogP contribution in [-0.2, 0) is 12.8 Å². The maximum absolute atomic E-state index is 14.0. The van der Waals surface area contributed by atoms with E-state index >= 15 is 0 Å². The minimum absolute atomic E-state index is 0.0351. The van der Waals surface area contributed by atoms with Crippen molar-refractivity contribution in [3.8, 4) is 0 Å². The minimum atomic E-state index is -0.825. The van der Waals surface area contributed by atoms with Gasteiger partial charge in [0, 0.05) is 0 Å². The van der Waals surface area contributed by atoms with Gasteiger partial charge in [-0.3, -0.25) is 0 Å². The Labute approximate surface area is 116 Å². The van der Waals surface area contributed by atoms with Gasteiger partial charge < -0.3 is 0 Å². The molecular formula is C17H15F3. The molecule has 1 unspecified atom stereocenters. The Hall–Kier alpha value is -1.77. The third-order valence-electron chi connectivity index (χ3n) is 4.07. The fourth-order valence-electron chi connectivity index (χ4n) is 2.98. The number of benzene rings is 2. The molecule has 0 radical (unpaired) electrons. The normalized spacial score (nSPS) is 17.9. The highest BCUT2D eigenvalue weighted by Gasteiger charge is 2.24. The van der Waals surface area contributed by atoms with Crippen molar-refractivity contribution < 1.29 is 13.2 Å². The van der Waals surface area contributed by atoms with Crippen LogP contribution in [-0.4, -0.2) is 0 Å². The number of hydrogen-bond donors (Lipinski definition) is 0. The molecule has 1 atom stereocenters. The molecule has 1 aliphatic carbocycles. The first-order chi connectivity index (χ1) is 9.54. The van der Waals surface area contributed by atoms with Crippen molar-refractivity contribution >= 4 is 0 Å². The van der Waals surface area contributed by atoms with E-state index in [-0.39, 0.29) is 11.7 Å². The van der Waals surface area contributed by atoms with E-state index in [9.17, 15) is 13.2 Å². The van der Waals surface area contributed by atoms with Crippen molar-refractivity contribution in [1.29, 1.82) is 0 Å². The van der Waals surface area contributed by atoms with Gasteiger partial charge in [0.1, 0.15) is 5.82 Å². The Kier molecular flexibility index (Phi) is 3.28. The van der Waals surface area contributed by atoms with E-state index in [4.69, 9.17) is 0 Å². The first kappa shape index (κ1) is 13.2. The predicted octanol–water partition coefficient (Wildman–Crippen LogP) is 4.68. The van der Waals surface area contributed by atoms with E-state index in [0.29, 0.717) is 18.4 Å². The average molecular weight is 276 g/mol. The average Bonchev–Trinajstić information content (AvgIpc) is 2.40. The molecule has 0 N–H and O–H groups in total. The van der Waals surface area contributed by atoms with Gasteiger partial charge >= 0.3 is 0 Å². The Morgan fingerprint density at radius 1 is 0.900 bits per heavy atom. The van der Waals surface area contributed by atoms with Crippen LogP contribution in [0.1, 0.15) is 34.6 Å². The predicted molar refractivity (Wildman–Crippen MR) is 72.3 cm³/mol. The maximum atomic E-state index is 14.0. The maximum Gasteiger partial charge on any atom is 0.159 e. The van der Waals surface area contributed by atoms with Gasteiger partial charge in [-0.05, 0) is 72.6 Å². The van der Waals surface area contributed by atoms with Crippen LogP contribution in [0.4, 0.5) is 13.2 Å². The molecule has 3 heteroatoms. The molecule has 2 aromatic rings. The molecule has 1 aliphatic rings. The van der Waals surface area contributed by atoms with E-state index < -0.39 is 11.6 Å². The number of fused-ring (bicyclic) bond motifs is 1. The third-order valence-corrected chi connectivity index (χ3v) is 4.07. The van der Waals surface area contributed by atoms with Gasteiger partial charge in [0.05, 0.1) is 0 Å². The highest BCUT2D eigenvalue weighted by atomic mass is 19.2. The van der Waals surface area contributed by atoms with Crippen LogP contribution in [0.25, 0.3) is 0 Å². The monoisotopic (exact) mass is 276 g/mol. The Bertz CT molecular complexity index is 662. The summed E-state index contributed by atoms with van der Waals surface area (Å²) in [5.74, 6) is -1.80. The SMILES string of the molecule is Cc1ccc(C2CCc3cc(F)c(F)cc3C2)c(F)c1. The topological polar surface area (TPSA) is 0 Å². The minimum Gasteiger partial charge on any atom is -0.207 e. The van der Waals surface area contributed by atoms with Crippen molar-refractivity contribution in [1.82, 2.24) is 0 Å². The lowest BCUT2D eigenvalue weighted by molar-refractivity contribution is 0.492. The zero-order valence-electron chi connectivity index (χ0n) is 11.2. The molecule has 0 saturated carbocycles. The zero-order chi connectivity index (χ0) is 14.3. The molecule has 0 aromatic heterocycles. The van der Waals surface area contributed by atoms with Gasteiger partial charge in [-0.15, -0.1) is 0 Å². The Balaban J connectivity index is 1.93. The van der Waals surface area contributed by atoms with Gasteiger partial charge in [-0.1, -0.05) is 12.1 Å². The molecule has 0 spiro atoms. The van der Waals surface area contributed by atoms with Crippen LogP contribution in [0.15, 0.2) is 30.3 Å². The molecule has 0 bridgehead atoms. The first-order valence-corrected chi connectivity index (χ1v) is 6.77. The van der Waals surface area contributed by atoms with E-state index in [1.54, 1.807) is 6.07 Å². The van der Waals surface area contributed by atoms with Crippen molar-refractivity contribution in [3.05, 3.63) is 70.0 Å². The number of aryl methyl sites for hydroxylation is 2. The lowest BCUT2D eigenvalue weighted by atomic mass is 9.80. The van der Waals surface area contributed by atoms with Crippen LogP contribution < -0.4 is 0 Å². The van der Waals surface area contributed by atoms with Crippen LogP contribution in [0, 0.1) is 24.4 Å². The smallest absolute Gasteiger partial charge is 0.159 e. The molecule has 0 amide bonds. The van der Waals surface area contributed by atoms with Crippen LogP contribution in [0.2, 0.25) is 0 Å². The Morgan fingerprint density at radius 3 is 2.30 bits per heavy atom. The molecular weight excluding hydrogens is 261 g/mol. The molecule has 0 fully saturated rings. The van der Waals surface area contributed by atoms with Gasteiger partial charge in [0.15, 0.2) is 11.6 Å². The summed E-state index contributed by atoms with van der Waals surface area (Å²) in [6.07, 6.45) is 1.98. The van der Waals surface area contributed by atoms with E-state index in [1.165, 1.54) is 18.2 Å². The summed E-state index contributed by atoms with van der Waals surface area (Å²) in [5.41, 5.74) is 3.19. The highest BCUT2D eigenvalue weighted by molar-refractivity contribution is 5.36. The largest absolute Gasteiger partial charge is 0.207 e. The van der Waals surface area contributed by atoms with Gasteiger partial charge in [-0.25, -0.2) is 13.2 Å². The zero-order valence-corrected chi connectivity index (χ0v) is 11.2. The summed E-state index contributed by atoms with van der Waals surface area (Å²) >= 11 is 0. The summed E-state index contributed by atoms with van der Waals surface area (Å²) in [4.78, 5) is 0. The number of halogens is 3. The second-order valence-corrected chi connectivity index (χ2v) is 5.50. The van der Waals surface area contributed by atoms with Crippen molar-refractivity contribution in [3.63, 3.8) is 0 Å². The lowest BCUT2D eigenvalue weighted by Gasteiger charge is -2.25. The molecule has 20 heavy (non-hydrogen) atoms. The van der Waals surface area contributed by atoms with Gasteiger partial charge in [0.2, 0.25) is 0 Å². The first-order valence-electron chi connectivity index (χ1n) is 6.77. The highest BCUT2D eigenvalue weighted by Crippen LogP contribution is 2.34. The van der Waals surface area contributed by atoms with E-state index in [2.05, 4.69) is 0 Å². The fourth-order valence-corrected chi connectivity index (χ4v) is 2.98. The van der Waals surface area contributed by atoms with E-state index in [1.807, 2.05) is 13.0 Å². The summed E-state index contributed by atoms with van der Waals surface area (Å²) in [5, 5.41) is 0. The fraction of sp³-hybridized carbons (Fsp3) is 0.294. The van der Waals surface area contributed by atoms with Crippen molar-refractivity contribution in [2.75, 3.05) is 0 Å². The number of rotatable bonds is 1. The summed E-state index contributed by atoms with van der Waals surface area (Å²) in [6, 6.07) is 7.74. The van der Waals surface area contributed by atoms with E-state index in [0.717, 1.165) is 23.1 Å². The second-order valence-electron chi connectivity index (χ2n) is 5.50. The van der Waals surface area contributed by atoms with Crippen molar-refractivity contribution in [2.24, 2.45) is 0 Å². The second kappa shape index (κ2) is 4.97. The lowest BCUT2D eigenvalue weighted by Crippen LogP contribution is -2.15. The number of hydrogen-bond acceptors (Lipinski definition) is 0.